The first-order valence-corrected chi connectivity index (χ1v) is 6.96. The minimum absolute atomic E-state index is 0.0533. The lowest BCUT2D eigenvalue weighted by atomic mass is 10.1. The number of hydrogen-bond acceptors (Lipinski definition) is 4. The average Bonchev–Trinajstić information content (AvgIpc) is 2.45. The van der Waals surface area contributed by atoms with Crippen molar-refractivity contribution in [2.45, 2.75) is 25.9 Å². The molecule has 1 aliphatic rings. The normalized spacial score (nSPS) is 16.7. The van der Waals surface area contributed by atoms with Crippen LogP contribution in [-0.4, -0.2) is 38.2 Å². The first kappa shape index (κ1) is 15.3. The second-order valence-corrected chi connectivity index (χ2v) is 4.95. The van der Waals surface area contributed by atoms with Gasteiger partial charge in [-0.3, -0.25) is 9.59 Å². The van der Waals surface area contributed by atoms with Crippen LogP contribution in [0.1, 0.15) is 18.9 Å². The average molecular weight is 292 g/mol. The maximum Gasteiger partial charge on any atom is 0.265 e. The molecule has 2 rings (SSSR count). The van der Waals surface area contributed by atoms with Crippen molar-refractivity contribution in [2.75, 3.05) is 25.6 Å². The first-order valence-electron chi connectivity index (χ1n) is 6.96. The van der Waals surface area contributed by atoms with E-state index in [4.69, 9.17) is 9.47 Å². The molecule has 0 spiro atoms. The largest absolute Gasteiger partial charge is 0.479 e. The molecule has 1 aliphatic heterocycles. The van der Waals surface area contributed by atoms with Crippen LogP contribution in [0.5, 0.6) is 5.75 Å². The molecule has 0 bridgehead atoms. The Labute approximate surface area is 123 Å². The van der Waals surface area contributed by atoms with Crippen molar-refractivity contribution >= 4 is 17.5 Å². The van der Waals surface area contributed by atoms with Gasteiger partial charge in [0.05, 0.1) is 12.1 Å². The Hall–Kier alpha value is -2.08. The molecular weight excluding hydrogens is 272 g/mol. The zero-order chi connectivity index (χ0) is 15.2. The third-order valence-electron chi connectivity index (χ3n) is 3.19. The highest BCUT2D eigenvalue weighted by Gasteiger charge is 2.23. The Bertz CT molecular complexity index is 530. The molecule has 1 heterocycles. The summed E-state index contributed by atoms with van der Waals surface area (Å²) in [5, 5.41) is 5.60. The van der Waals surface area contributed by atoms with Crippen LogP contribution >= 0.6 is 0 Å². The molecule has 1 atom stereocenters. The summed E-state index contributed by atoms with van der Waals surface area (Å²) >= 11 is 0. The molecule has 6 heteroatoms. The molecule has 2 N–H and O–H groups in total. The molecule has 114 valence electrons. The van der Waals surface area contributed by atoms with Crippen LogP contribution in [0.25, 0.3) is 0 Å². The van der Waals surface area contributed by atoms with E-state index < -0.39 is 6.10 Å². The van der Waals surface area contributed by atoms with Gasteiger partial charge in [0.25, 0.3) is 5.91 Å². The number of amides is 2. The molecule has 0 saturated carbocycles. The van der Waals surface area contributed by atoms with Crippen molar-refractivity contribution in [3.63, 3.8) is 0 Å². The maximum absolute atomic E-state index is 11.8. The van der Waals surface area contributed by atoms with Crippen molar-refractivity contribution in [3.05, 3.63) is 23.8 Å². The highest BCUT2D eigenvalue weighted by Crippen LogP contribution is 2.30. The summed E-state index contributed by atoms with van der Waals surface area (Å²) in [6.45, 7) is 2.91. The molecule has 2 amide bonds. The van der Waals surface area contributed by atoms with E-state index in [1.165, 1.54) is 0 Å². The molecule has 21 heavy (non-hydrogen) atoms. The molecule has 6 nitrogen and oxygen atoms in total. The molecule has 0 radical (unpaired) electrons. The second-order valence-electron chi connectivity index (χ2n) is 4.95. The third-order valence-corrected chi connectivity index (χ3v) is 3.19. The van der Waals surface area contributed by atoms with Crippen LogP contribution in [0.3, 0.4) is 0 Å². The van der Waals surface area contributed by atoms with Crippen LogP contribution in [0, 0.1) is 0 Å². The lowest BCUT2D eigenvalue weighted by Crippen LogP contribution is -2.34. The number of carbonyl (C=O) groups excluding carboxylic acids is 2. The summed E-state index contributed by atoms with van der Waals surface area (Å²) in [6.07, 6.45) is 0.562. The topological polar surface area (TPSA) is 76.7 Å². The van der Waals surface area contributed by atoms with Gasteiger partial charge < -0.3 is 20.1 Å². The van der Waals surface area contributed by atoms with Gasteiger partial charge in [-0.05, 0) is 31.0 Å². The van der Waals surface area contributed by atoms with Crippen molar-refractivity contribution in [1.82, 2.24) is 5.32 Å². The zero-order valence-electron chi connectivity index (χ0n) is 12.3. The Balaban J connectivity index is 1.91. The molecule has 1 unspecified atom stereocenters. The van der Waals surface area contributed by atoms with Gasteiger partial charge in [-0.2, -0.15) is 0 Å². The Morgan fingerprint density at radius 1 is 1.48 bits per heavy atom. The van der Waals surface area contributed by atoms with Gasteiger partial charge in [-0.15, -0.1) is 0 Å². The second kappa shape index (κ2) is 7.08. The fourth-order valence-electron chi connectivity index (χ4n) is 2.06. The lowest BCUT2D eigenvalue weighted by molar-refractivity contribution is -0.122. The summed E-state index contributed by atoms with van der Waals surface area (Å²) in [7, 11) is 1.63. The SMILES string of the molecule is COCCCNC(=O)Cc1ccc2c(c1)NC(=O)C(C)O2. The standard InChI is InChI=1S/C15H20N2O4/c1-10-15(19)17-12-8-11(4-5-13(12)21-10)9-14(18)16-6-3-7-20-2/h4-5,8,10H,3,6-7,9H2,1-2H3,(H,16,18)(H,17,19). The highest BCUT2D eigenvalue weighted by molar-refractivity contribution is 5.97. The smallest absolute Gasteiger partial charge is 0.265 e. The van der Waals surface area contributed by atoms with Gasteiger partial charge in [0.15, 0.2) is 6.10 Å². The van der Waals surface area contributed by atoms with Crippen LogP contribution in [0.2, 0.25) is 0 Å². The van der Waals surface area contributed by atoms with Gasteiger partial charge in [0.1, 0.15) is 5.75 Å². The number of fused-ring (bicyclic) bond motifs is 1. The highest BCUT2D eigenvalue weighted by atomic mass is 16.5. The quantitative estimate of drug-likeness (QED) is 0.770. The van der Waals surface area contributed by atoms with Crippen molar-refractivity contribution in [1.29, 1.82) is 0 Å². The van der Waals surface area contributed by atoms with E-state index in [9.17, 15) is 9.59 Å². The Morgan fingerprint density at radius 3 is 3.05 bits per heavy atom. The monoisotopic (exact) mass is 292 g/mol. The zero-order valence-corrected chi connectivity index (χ0v) is 12.3. The van der Waals surface area contributed by atoms with Crippen LogP contribution in [0.15, 0.2) is 18.2 Å². The molecule has 1 aromatic carbocycles. The van der Waals surface area contributed by atoms with Crippen molar-refractivity contribution < 1.29 is 19.1 Å². The number of carbonyl (C=O) groups is 2. The predicted molar refractivity (Wildman–Crippen MR) is 78.4 cm³/mol. The maximum atomic E-state index is 11.8. The third kappa shape index (κ3) is 4.19. The number of rotatable bonds is 6. The Kier molecular flexibility index (Phi) is 5.16. The summed E-state index contributed by atoms with van der Waals surface area (Å²) in [6, 6.07) is 5.38. The Morgan fingerprint density at radius 2 is 2.29 bits per heavy atom. The van der Waals surface area contributed by atoms with Gasteiger partial charge in [-0.25, -0.2) is 0 Å². The van der Waals surface area contributed by atoms with Crippen LogP contribution in [0.4, 0.5) is 5.69 Å². The minimum Gasteiger partial charge on any atom is -0.479 e. The van der Waals surface area contributed by atoms with Crippen molar-refractivity contribution in [2.24, 2.45) is 0 Å². The van der Waals surface area contributed by atoms with Crippen LogP contribution < -0.4 is 15.4 Å². The van der Waals surface area contributed by atoms with E-state index in [-0.39, 0.29) is 18.2 Å². The summed E-state index contributed by atoms with van der Waals surface area (Å²) < 4.78 is 10.4. The van der Waals surface area contributed by atoms with E-state index in [1.54, 1.807) is 26.2 Å². The number of nitrogens with one attached hydrogen (secondary N) is 2. The van der Waals surface area contributed by atoms with Crippen molar-refractivity contribution in [3.8, 4) is 5.75 Å². The lowest BCUT2D eigenvalue weighted by Gasteiger charge is -2.23. The molecule has 1 aromatic rings. The summed E-state index contributed by atoms with van der Waals surface area (Å²) in [5.41, 5.74) is 1.44. The molecule has 0 saturated heterocycles. The van der Waals surface area contributed by atoms with Crippen LogP contribution in [-0.2, 0) is 20.7 Å². The number of methoxy groups -OCH3 is 1. The molecule has 0 fully saturated rings. The van der Waals surface area contributed by atoms with Gasteiger partial charge >= 0.3 is 0 Å². The number of hydrogen-bond donors (Lipinski definition) is 2. The number of benzene rings is 1. The summed E-state index contributed by atoms with van der Waals surface area (Å²) in [5.74, 6) is 0.400. The number of anilines is 1. The molecular formula is C15H20N2O4. The fraction of sp³-hybridized carbons (Fsp3) is 0.467. The molecule has 0 aliphatic carbocycles. The van der Waals surface area contributed by atoms with Gasteiger partial charge in [-0.1, -0.05) is 6.07 Å². The number of ether oxygens (including phenoxy) is 2. The summed E-state index contributed by atoms with van der Waals surface area (Å²) in [4.78, 5) is 23.4. The van der Waals surface area contributed by atoms with Gasteiger partial charge in [0, 0.05) is 20.3 Å². The van der Waals surface area contributed by atoms with E-state index in [2.05, 4.69) is 10.6 Å². The fourth-order valence-corrected chi connectivity index (χ4v) is 2.06. The van der Waals surface area contributed by atoms with E-state index in [1.807, 2.05) is 6.07 Å². The predicted octanol–water partition coefficient (Wildman–Crippen LogP) is 1.10. The van der Waals surface area contributed by atoms with E-state index in [0.717, 1.165) is 12.0 Å². The van der Waals surface area contributed by atoms with Gasteiger partial charge in [0.2, 0.25) is 5.91 Å². The van der Waals surface area contributed by atoms with E-state index in [0.29, 0.717) is 24.6 Å². The molecule has 0 aromatic heterocycles. The first-order chi connectivity index (χ1) is 10.1. The minimum atomic E-state index is -0.493. The van der Waals surface area contributed by atoms with E-state index >= 15 is 0 Å².